The topological polar surface area (TPSA) is 52.6 Å². The Morgan fingerprint density at radius 1 is 1.13 bits per heavy atom. The fourth-order valence-electron chi connectivity index (χ4n) is 5.21. The normalized spacial score (nSPS) is 19.7. The molecule has 2 aliphatic rings. The van der Waals surface area contributed by atoms with Crippen molar-refractivity contribution >= 4 is 11.6 Å². The minimum atomic E-state index is -0.808. The summed E-state index contributed by atoms with van der Waals surface area (Å²) in [6.45, 7) is 3.24. The second-order valence-corrected chi connectivity index (χ2v) is 8.61. The fraction of sp³-hybridized carbons (Fsp3) is 0.480. The highest BCUT2D eigenvalue weighted by Gasteiger charge is 2.53. The number of amides is 1. The molecule has 1 heterocycles. The number of carbonyl (C=O) groups is 1. The van der Waals surface area contributed by atoms with Gasteiger partial charge in [-0.15, -0.1) is 0 Å². The van der Waals surface area contributed by atoms with E-state index in [1.807, 2.05) is 30.3 Å². The lowest BCUT2D eigenvalue weighted by Crippen LogP contribution is -2.48. The number of hydrogen-bond donors (Lipinski definition) is 2. The summed E-state index contributed by atoms with van der Waals surface area (Å²) in [5, 5.41) is 14.5. The van der Waals surface area contributed by atoms with Gasteiger partial charge in [0.05, 0.1) is 23.2 Å². The Hall–Kier alpha value is -2.24. The van der Waals surface area contributed by atoms with Crippen molar-refractivity contribution < 1.29 is 14.3 Å². The number of nitrogens with one attached hydrogen (secondary N) is 1. The predicted octanol–water partition coefficient (Wildman–Crippen LogP) is 4.48. The predicted molar refractivity (Wildman–Crippen MR) is 117 cm³/mol. The van der Waals surface area contributed by atoms with Gasteiger partial charge in [-0.25, -0.2) is 4.39 Å². The third kappa shape index (κ3) is 3.65. The van der Waals surface area contributed by atoms with Gasteiger partial charge in [0, 0.05) is 6.54 Å². The van der Waals surface area contributed by atoms with E-state index in [0.29, 0.717) is 12.2 Å². The third-order valence-corrected chi connectivity index (χ3v) is 6.63. The van der Waals surface area contributed by atoms with Crippen LogP contribution in [-0.4, -0.2) is 30.2 Å². The summed E-state index contributed by atoms with van der Waals surface area (Å²) in [5.41, 5.74) is 1.80. The number of nitrogens with zero attached hydrogens (tertiary/aromatic N) is 1. The quantitative estimate of drug-likeness (QED) is 0.662. The zero-order valence-electron chi connectivity index (χ0n) is 17.6. The molecule has 1 aliphatic carbocycles. The van der Waals surface area contributed by atoms with Gasteiger partial charge < -0.3 is 15.3 Å². The van der Waals surface area contributed by atoms with Crippen molar-refractivity contribution in [3.05, 3.63) is 65.5 Å². The van der Waals surface area contributed by atoms with Gasteiger partial charge in [0.1, 0.15) is 5.82 Å². The van der Waals surface area contributed by atoms with Crippen molar-refractivity contribution in [2.75, 3.05) is 18.0 Å². The molecule has 0 radical (unpaired) electrons. The first-order valence-electron chi connectivity index (χ1n) is 11.2. The molecule has 1 saturated carbocycles. The van der Waals surface area contributed by atoms with Crippen LogP contribution in [0.1, 0.15) is 62.6 Å². The van der Waals surface area contributed by atoms with Crippen LogP contribution < -0.4 is 10.2 Å². The van der Waals surface area contributed by atoms with Crippen LogP contribution in [0.4, 0.5) is 10.1 Å². The summed E-state index contributed by atoms with van der Waals surface area (Å²) in [7, 11) is 0. The smallest absolute Gasteiger partial charge is 0.238 e. The Morgan fingerprint density at radius 3 is 2.57 bits per heavy atom. The number of benzene rings is 2. The molecular weight excluding hydrogens is 379 g/mol. The SMILES string of the molecule is CCCNCC(O)C(c1ccccc1)N1C(=O)C2(CCCCC2)c2ccc(F)cc21. The van der Waals surface area contributed by atoms with Gasteiger partial charge in [-0.05, 0) is 49.1 Å². The molecular formula is C25H31FN2O2. The molecule has 0 aromatic heterocycles. The van der Waals surface area contributed by atoms with E-state index in [0.717, 1.165) is 56.2 Å². The molecule has 4 rings (SSSR count). The lowest BCUT2D eigenvalue weighted by molar-refractivity contribution is -0.125. The molecule has 1 spiro atoms. The van der Waals surface area contributed by atoms with Crippen molar-refractivity contribution in [2.24, 2.45) is 0 Å². The average molecular weight is 411 g/mol. The second kappa shape index (κ2) is 8.86. The van der Waals surface area contributed by atoms with Gasteiger partial charge in [0.25, 0.3) is 0 Å². The zero-order chi connectivity index (χ0) is 21.1. The Balaban J connectivity index is 1.80. The Bertz CT molecular complexity index is 880. The van der Waals surface area contributed by atoms with Crippen LogP contribution in [0.5, 0.6) is 0 Å². The van der Waals surface area contributed by atoms with E-state index in [2.05, 4.69) is 12.2 Å². The van der Waals surface area contributed by atoms with Crippen LogP contribution >= 0.6 is 0 Å². The first-order valence-corrected chi connectivity index (χ1v) is 11.2. The van der Waals surface area contributed by atoms with Gasteiger partial charge >= 0.3 is 0 Å². The van der Waals surface area contributed by atoms with Crippen molar-refractivity contribution in [2.45, 2.75) is 63.0 Å². The van der Waals surface area contributed by atoms with E-state index >= 15 is 0 Å². The highest BCUT2D eigenvalue weighted by molar-refractivity contribution is 6.08. The second-order valence-electron chi connectivity index (χ2n) is 8.61. The molecule has 2 aromatic carbocycles. The number of hydrogen-bond acceptors (Lipinski definition) is 3. The number of carbonyl (C=O) groups excluding carboxylic acids is 1. The minimum absolute atomic E-state index is 0.00574. The van der Waals surface area contributed by atoms with E-state index in [9.17, 15) is 14.3 Å². The maximum Gasteiger partial charge on any atom is 0.238 e. The number of anilines is 1. The molecule has 1 aliphatic heterocycles. The van der Waals surface area contributed by atoms with Gasteiger partial charge in [0.15, 0.2) is 0 Å². The van der Waals surface area contributed by atoms with Crippen LogP contribution in [0.3, 0.4) is 0 Å². The van der Waals surface area contributed by atoms with Crippen molar-refractivity contribution in [1.82, 2.24) is 5.32 Å². The van der Waals surface area contributed by atoms with E-state index in [4.69, 9.17) is 0 Å². The standard InChI is InChI=1S/C25H31FN2O2/c1-2-15-27-17-22(29)23(18-9-5-3-6-10-18)28-21-16-19(26)11-12-20(21)25(24(28)30)13-7-4-8-14-25/h3,5-6,9-12,16,22-23,27,29H,2,4,7-8,13-15,17H2,1H3. The van der Waals surface area contributed by atoms with E-state index in [-0.39, 0.29) is 11.7 Å². The molecule has 1 amide bonds. The van der Waals surface area contributed by atoms with Gasteiger partial charge in [-0.2, -0.15) is 0 Å². The molecule has 160 valence electrons. The fourth-order valence-corrected chi connectivity index (χ4v) is 5.21. The highest BCUT2D eigenvalue weighted by Crippen LogP contribution is 2.52. The molecule has 0 saturated heterocycles. The Kier molecular flexibility index (Phi) is 6.21. The third-order valence-electron chi connectivity index (χ3n) is 6.63. The number of aliphatic hydroxyl groups excluding tert-OH is 1. The molecule has 4 nitrogen and oxygen atoms in total. The molecule has 2 N–H and O–H groups in total. The maximum atomic E-state index is 14.3. The molecule has 5 heteroatoms. The molecule has 0 bridgehead atoms. The monoisotopic (exact) mass is 410 g/mol. The summed E-state index contributed by atoms with van der Waals surface area (Å²) >= 11 is 0. The summed E-state index contributed by atoms with van der Waals surface area (Å²) < 4.78 is 14.3. The zero-order valence-corrected chi connectivity index (χ0v) is 17.6. The molecule has 2 unspecified atom stereocenters. The van der Waals surface area contributed by atoms with E-state index in [1.165, 1.54) is 12.1 Å². The number of halogens is 1. The van der Waals surface area contributed by atoms with Gasteiger partial charge in [0.2, 0.25) is 5.91 Å². The van der Waals surface area contributed by atoms with Gasteiger partial charge in [-0.3, -0.25) is 4.79 Å². The largest absolute Gasteiger partial charge is 0.389 e. The minimum Gasteiger partial charge on any atom is -0.389 e. The van der Waals surface area contributed by atoms with Crippen molar-refractivity contribution in [3.63, 3.8) is 0 Å². The highest BCUT2D eigenvalue weighted by atomic mass is 19.1. The Morgan fingerprint density at radius 2 is 1.87 bits per heavy atom. The lowest BCUT2D eigenvalue weighted by Gasteiger charge is -2.36. The lowest BCUT2D eigenvalue weighted by atomic mass is 9.70. The number of rotatable bonds is 7. The number of aliphatic hydroxyl groups is 1. The van der Waals surface area contributed by atoms with Crippen LogP contribution in [0.2, 0.25) is 0 Å². The van der Waals surface area contributed by atoms with Crippen molar-refractivity contribution in [1.29, 1.82) is 0 Å². The van der Waals surface area contributed by atoms with Crippen LogP contribution in [0.25, 0.3) is 0 Å². The average Bonchev–Trinajstić information content (AvgIpc) is 2.98. The van der Waals surface area contributed by atoms with Crippen LogP contribution in [0.15, 0.2) is 48.5 Å². The first-order chi connectivity index (χ1) is 14.6. The van der Waals surface area contributed by atoms with Gasteiger partial charge in [-0.1, -0.05) is 62.6 Å². The maximum absolute atomic E-state index is 14.3. The molecule has 1 fully saturated rings. The van der Waals surface area contributed by atoms with E-state index in [1.54, 1.807) is 11.0 Å². The summed E-state index contributed by atoms with van der Waals surface area (Å²) in [6, 6.07) is 13.8. The van der Waals surface area contributed by atoms with Crippen molar-refractivity contribution in [3.8, 4) is 0 Å². The molecule has 30 heavy (non-hydrogen) atoms. The van der Waals surface area contributed by atoms with E-state index < -0.39 is 17.6 Å². The summed E-state index contributed by atoms with van der Waals surface area (Å²) in [4.78, 5) is 15.7. The molecule has 2 aromatic rings. The Labute approximate surface area is 178 Å². The summed E-state index contributed by atoms with van der Waals surface area (Å²) in [6.07, 6.45) is 4.83. The molecule has 2 atom stereocenters. The summed E-state index contributed by atoms with van der Waals surface area (Å²) in [5.74, 6) is -0.351. The van der Waals surface area contributed by atoms with Crippen LogP contribution in [0, 0.1) is 5.82 Å². The van der Waals surface area contributed by atoms with Crippen LogP contribution in [-0.2, 0) is 10.2 Å². The first kappa shape index (κ1) is 21.0. The number of fused-ring (bicyclic) bond motifs is 2.